The van der Waals surface area contributed by atoms with E-state index in [0.29, 0.717) is 12.5 Å². The molecule has 36 heavy (non-hydrogen) atoms. The Morgan fingerprint density at radius 2 is 1.72 bits per heavy atom. The molecule has 1 aliphatic rings. The van der Waals surface area contributed by atoms with Crippen LogP contribution in [-0.4, -0.2) is 34.0 Å². The van der Waals surface area contributed by atoms with Crippen molar-refractivity contribution in [2.75, 3.05) is 13.1 Å². The van der Waals surface area contributed by atoms with Gasteiger partial charge in [-0.3, -0.25) is 9.69 Å². The van der Waals surface area contributed by atoms with Gasteiger partial charge in [0.15, 0.2) is 0 Å². The number of aromatic nitrogens is 1. The number of rotatable bonds is 12. The van der Waals surface area contributed by atoms with Crippen LogP contribution in [-0.2, 0) is 17.9 Å². The van der Waals surface area contributed by atoms with Crippen LogP contribution in [0.5, 0.6) is 5.75 Å². The fourth-order valence-corrected chi connectivity index (χ4v) is 5.84. The number of nitrogens with zero attached hydrogens (tertiary/aromatic N) is 2. The summed E-state index contributed by atoms with van der Waals surface area (Å²) in [7, 11) is 0. The minimum absolute atomic E-state index is 0.197. The lowest BCUT2D eigenvalue weighted by Crippen LogP contribution is -2.35. The van der Waals surface area contributed by atoms with E-state index in [-0.39, 0.29) is 5.92 Å². The third-order valence-corrected chi connectivity index (χ3v) is 7.96. The molecule has 0 amide bonds. The number of hydrogen-bond acceptors (Lipinski definition) is 5. The molecule has 0 unspecified atom stereocenters. The number of carboxylic acids is 1. The molecule has 0 saturated carbocycles. The molecule has 6 heteroatoms. The summed E-state index contributed by atoms with van der Waals surface area (Å²) in [4.78, 5) is 18.3. The van der Waals surface area contributed by atoms with Crippen LogP contribution in [0.25, 0.3) is 11.3 Å². The molecule has 0 radical (unpaired) electrons. The highest BCUT2D eigenvalue weighted by Crippen LogP contribution is 2.28. The van der Waals surface area contributed by atoms with Gasteiger partial charge in [-0.1, -0.05) is 51.0 Å². The Labute approximate surface area is 219 Å². The monoisotopic (exact) mass is 506 g/mol. The smallest absolute Gasteiger partial charge is 0.306 e. The number of carbonyl (C=O) groups is 1. The Kier molecular flexibility index (Phi) is 9.54. The minimum Gasteiger partial charge on any atom is -0.489 e. The lowest BCUT2D eigenvalue weighted by atomic mass is 9.90. The van der Waals surface area contributed by atoms with E-state index in [0.717, 1.165) is 54.5 Å². The first-order chi connectivity index (χ1) is 17.6. The number of aliphatic carboxylic acids is 1. The van der Waals surface area contributed by atoms with Crippen LogP contribution in [0.3, 0.4) is 0 Å². The van der Waals surface area contributed by atoms with E-state index < -0.39 is 5.97 Å². The number of thiazole rings is 1. The standard InChI is InChI=1S/C30H38N2O3S/c1-3-5-23(6-4-2)24-9-7-22(8-10-24)20-35-27-13-11-25(12-14-27)28-21-36-29(31-28)19-32-17-15-26(16-18-32)30(33)34/h7-14,21,23,26H,3-6,15-20H2,1-2H3,(H,33,34). The highest BCUT2D eigenvalue weighted by Gasteiger charge is 2.24. The number of ether oxygens (including phenoxy) is 1. The summed E-state index contributed by atoms with van der Waals surface area (Å²) < 4.78 is 6.04. The van der Waals surface area contributed by atoms with Crippen LogP contribution in [0.15, 0.2) is 53.9 Å². The van der Waals surface area contributed by atoms with Crippen molar-refractivity contribution in [1.29, 1.82) is 0 Å². The number of likely N-dealkylation sites (tertiary alicyclic amines) is 1. The van der Waals surface area contributed by atoms with Crippen molar-refractivity contribution in [2.45, 2.75) is 71.4 Å². The first-order valence-corrected chi connectivity index (χ1v) is 14.1. The van der Waals surface area contributed by atoms with Crippen LogP contribution >= 0.6 is 11.3 Å². The SMILES string of the molecule is CCCC(CCC)c1ccc(COc2ccc(-c3csc(CN4CCC(C(=O)O)CC4)n3)cc2)cc1. The summed E-state index contributed by atoms with van der Waals surface area (Å²) in [6.07, 6.45) is 6.39. The third-order valence-electron chi connectivity index (χ3n) is 7.13. The molecule has 0 spiro atoms. The van der Waals surface area contributed by atoms with Crippen LogP contribution in [0.1, 0.15) is 74.4 Å². The molecule has 1 fully saturated rings. The van der Waals surface area contributed by atoms with Gasteiger partial charge >= 0.3 is 5.97 Å². The van der Waals surface area contributed by atoms with Gasteiger partial charge in [0, 0.05) is 10.9 Å². The van der Waals surface area contributed by atoms with Gasteiger partial charge < -0.3 is 9.84 Å². The van der Waals surface area contributed by atoms with Gasteiger partial charge in [0.1, 0.15) is 17.4 Å². The van der Waals surface area contributed by atoms with Gasteiger partial charge in [0.05, 0.1) is 18.2 Å². The highest BCUT2D eigenvalue weighted by atomic mass is 32.1. The molecule has 2 heterocycles. The van der Waals surface area contributed by atoms with Gasteiger partial charge in [-0.15, -0.1) is 11.3 Å². The van der Waals surface area contributed by atoms with E-state index in [9.17, 15) is 9.90 Å². The third kappa shape index (κ3) is 7.17. The number of benzene rings is 2. The molecular formula is C30H38N2O3S. The molecule has 1 aromatic heterocycles. The van der Waals surface area contributed by atoms with Crippen LogP contribution in [0, 0.1) is 5.92 Å². The Bertz CT molecular complexity index is 1080. The predicted octanol–water partition coefficient (Wildman–Crippen LogP) is 7.37. The van der Waals surface area contributed by atoms with Crippen molar-refractivity contribution in [3.05, 3.63) is 70.0 Å². The second kappa shape index (κ2) is 13.0. The second-order valence-corrected chi connectivity index (χ2v) is 10.8. The predicted molar refractivity (Wildman–Crippen MR) is 147 cm³/mol. The molecule has 5 nitrogen and oxygen atoms in total. The van der Waals surface area contributed by atoms with Crippen molar-refractivity contribution in [2.24, 2.45) is 5.92 Å². The molecule has 1 aliphatic heterocycles. The Balaban J connectivity index is 1.27. The minimum atomic E-state index is -0.667. The molecule has 3 aromatic rings. The van der Waals surface area contributed by atoms with E-state index in [1.807, 2.05) is 12.1 Å². The van der Waals surface area contributed by atoms with Crippen molar-refractivity contribution >= 4 is 17.3 Å². The molecule has 1 saturated heterocycles. The normalized spacial score (nSPS) is 14.9. The van der Waals surface area contributed by atoms with Crippen molar-refractivity contribution in [3.8, 4) is 17.0 Å². The summed E-state index contributed by atoms with van der Waals surface area (Å²) in [5.74, 6) is 0.656. The van der Waals surface area contributed by atoms with E-state index in [2.05, 4.69) is 60.5 Å². The van der Waals surface area contributed by atoms with E-state index in [1.54, 1.807) is 11.3 Å². The number of hydrogen-bond donors (Lipinski definition) is 1. The molecule has 1 N–H and O–H groups in total. The maximum absolute atomic E-state index is 11.2. The lowest BCUT2D eigenvalue weighted by molar-refractivity contribution is -0.143. The first-order valence-electron chi connectivity index (χ1n) is 13.3. The van der Waals surface area contributed by atoms with Gasteiger partial charge in [0.25, 0.3) is 0 Å². The van der Waals surface area contributed by atoms with E-state index in [4.69, 9.17) is 9.72 Å². The Hall–Kier alpha value is -2.70. The van der Waals surface area contributed by atoms with Crippen LogP contribution in [0.4, 0.5) is 0 Å². The van der Waals surface area contributed by atoms with E-state index in [1.165, 1.54) is 36.8 Å². The number of piperidine rings is 1. The van der Waals surface area contributed by atoms with Gasteiger partial charge in [-0.2, -0.15) is 0 Å². The van der Waals surface area contributed by atoms with Gasteiger partial charge in [0.2, 0.25) is 0 Å². The van der Waals surface area contributed by atoms with Gasteiger partial charge in [-0.25, -0.2) is 4.98 Å². The summed E-state index contributed by atoms with van der Waals surface area (Å²) in [6.45, 7) is 7.51. The molecule has 4 rings (SSSR count). The zero-order valence-corrected chi connectivity index (χ0v) is 22.3. The van der Waals surface area contributed by atoms with Crippen LogP contribution < -0.4 is 4.74 Å². The summed E-state index contributed by atoms with van der Waals surface area (Å²) in [5.41, 5.74) is 4.69. The van der Waals surface area contributed by atoms with Gasteiger partial charge in [-0.05, 0) is 80.1 Å². The quantitative estimate of drug-likeness (QED) is 0.278. The maximum atomic E-state index is 11.2. The zero-order chi connectivity index (χ0) is 25.3. The lowest BCUT2D eigenvalue weighted by Gasteiger charge is -2.29. The second-order valence-electron chi connectivity index (χ2n) is 9.84. The largest absolute Gasteiger partial charge is 0.489 e. The zero-order valence-electron chi connectivity index (χ0n) is 21.5. The van der Waals surface area contributed by atoms with E-state index >= 15 is 0 Å². The molecule has 0 atom stereocenters. The van der Waals surface area contributed by atoms with Crippen LogP contribution in [0.2, 0.25) is 0 Å². The summed E-state index contributed by atoms with van der Waals surface area (Å²) >= 11 is 1.67. The Morgan fingerprint density at radius 1 is 1.06 bits per heavy atom. The fourth-order valence-electron chi connectivity index (χ4n) is 4.99. The summed E-state index contributed by atoms with van der Waals surface area (Å²) in [6, 6.07) is 17.1. The highest BCUT2D eigenvalue weighted by molar-refractivity contribution is 7.09. The molecule has 192 valence electrons. The molecular weight excluding hydrogens is 468 g/mol. The average Bonchev–Trinajstić information content (AvgIpc) is 3.37. The topological polar surface area (TPSA) is 62.7 Å². The molecule has 0 aliphatic carbocycles. The fraction of sp³-hybridized carbons (Fsp3) is 0.467. The summed E-state index contributed by atoms with van der Waals surface area (Å²) in [5, 5.41) is 12.3. The Morgan fingerprint density at radius 3 is 2.33 bits per heavy atom. The van der Waals surface area contributed by atoms with Crippen molar-refractivity contribution in [3.63, 3.8) is 0 Å². The van der Waals surface area contributed by atoms with Crippen molar-refractivity contribution in [1.82, 2.24) is 9.88 Å². The molecule has 2 aromatic carbocycles. The molecule has 0 bridgehead atoms. The van der Waals surface area contributed by atoms with Crippen molar-refractivity contribution < 1.29 is 14.6 Å². The average molecular weight is 507 g/mol. The number of carboxylic acid groups (broad SMARTS) is 1. The maximum Gasteiger partial charge on any atom is 0.306 e. The first kappa shape index (κ1) is 26.4.